The van der Waals surface area contributed by atoms with Gasteiger partial charge in [0, 0.05) is 24.0 Å². The summed E-state index contributed by atoms with van der Waals surface area (Å²) in [5.74, 6) is 0.521. The number of rotatable bonds is 4. The van der Waals surface area contributed by atoms with Crippen molar-refractivity contribution in [3.63, 3.8) is 0 Å². The Labute approximate surface area is 189 Å². The van der Waals surface area contributed by atoms with Gasteiger partial charge < -0.3 is 20.4 Å². The highest BCUT2D eigenvalue weighted by Gasteiger charge is 2.41. The van der Waals surface area contributed by atoms with E-state index in [1.54, 1.807) is 12.1 Å². The molecule has 0 aliphatic heterocycles. The molecule has 1 aliphatic rings. The van der Waals surface area contributed by atoms with Gasteiger partial charge in [-0.25, -0.2) is 19.2 Å². The number of halogens is 4. The molecule has 4 rings (SSSR count). The summed E-state index contributed by atoms with van der Waals surface area (Å²) in [4.78, 5) is 34.6. The Kier molecular flexibility index (Phi) is 5.82. The fourth-order valence-electron chi connectivity index (χ4n) is 3.30. The second-order valence-corrected chi connectivity index (χ2v) is 7.61. The topological polar surface area (TPSA) is 109 Å². The van der Waals surface area contributed by atoms with E-state index in [1.165, 1.54) is 24.4 Å². The van der Waals surface area contributed by atoms with Crippen molar-refractivity contribution in [2.45, 2.75) is 24.8 Å². The molecule has 0 radical (unpaired) electrons. The van der Waals surface area contributed by atoms with E-state index < -0.39 is 35.1 Å². The number of ether oxygens (including phenoxy) is 1. The van der Waals surface area contributed by atoms with Crippen LogP contribution >= 0.6 is 0 Å². The van der Waals surface area contributed by atoms with Crippen molar-refractivity contribution < 1.29 is 27.1 Å². The minimum atomic E-state index is -4.68. The molecule has 176 valence electrons. The van der Waals surface area contributed by atoms with Crippen LogP contribution in [0, 0.1) is 0 Å². The zero-order valence-electron chi connectivity index (χ0n) is 17.5. The molecular formula is C22H17F4N5O3. The molecule has 1 aliphatic carbocycles. The second-order valence-electron chi connectivity index (χ2n) is 7.61. The minimum Gasteiger partial charge on any atom is -0.455 e. The number of H-pyrrole nitrogens is 1. The summed E-state index contributed by atoms with van der Waals surface area (Å²) in [7, 11) is 0. The van der Waals surface area contributed by atoms with Gasteiger partial charge in [-0.2, -0.15) is 13.2 Å². The predicted molar refractivity (Wildman–Crippen MR) is 115 cm³/mol. The Bertz CT molecular complexity index is 1370. The average molecular weight is 475 g/mol. The van der Waals surface area contributed by atoms with E-state index in [4.69, 9.17) is 4.74 Å². The quantitative estimate of drug-likeness (QED) is 0.485. The fourth-order valence-corrected chi connectivity index (χ4v) is 3.30. The van der Waals surface area contributed by atoms with Crippen molar-refractivity contribution >= 4 is 22.9 Å². The van der Waals surface area contributed by atoms with E-state index in [1.807, 2.05) is 0 Å². The molecule has 8 nitrogen and oxygen atoms in total. The first-order chi connectivity index (χ1) is 16.0. The molecule has 0 spiro atoms. The van der Waals surface area contributed by atoms with Gasteiger partial charge in [0.2, 0.25) is 0 Å². The number of allylic oxidation sites excluding steroid dienone is 2. The van der Waals surface area contributed by atoms with Gasteiger partial charge in [0.15, 0.2) is 11.4 Å². The van der Waals surface area contributed by atoms with Crippen molar-refractivity contribution in [2.24, 2.45) is 0 Å². The zero-order chi connectivity index (χ0) is 24.5. The van der Waals surface area contributed by atoms with Gasteiger partial charge in [0.25, 0.3) is 5.56 Å². The molecule has 0 saturated heterocycles. The largest absolute Gasteiger partial charge is 0.455 e. The molecular weight excluding hydrogens is 458 g/mol. The molecule has 2 heterocycles. The number of aromatic nitrogens is 3. The maximum absolute atomic E-state index is 14.4. The number of nitrogens with one attached hydrogen (secondary N) is 3. The third-order valence-corrected chi connectivity index (χ3v) is 4.95. The lowest BCUT2D eigenvalue weighted by Gasteiger charge is -2.33. The first kappa shape index (κ1) is 23.0. The number of carbonyl (C=O) groups is 1. The van der Waals surface area contributed by atoms with Gasteiger partial charge in [-0.05, 0) is 31.2 Å². The summed E-state index contributed by atoms with van der Waals surface area (Å²) in [6.07, 6.45) is -2.00. The lowest BCUT2D eigenvalue weighted by Crippen LogP contribution is -2.53. The highest BCUT2D eigenvalue weighted by Crippen LogP contribution is 2.34. The van der Waals surface area contributed by atoms with Crippen LogP contribution in [0.5, 0.6) is 11.5 Å². The predicted octanol–water partition coefficient (Wildman–Crippen LogP) is 4.39. The van der Waals surface area contributed by atoms with Crippen molar-refractivity contribution in [3.05, 3.63) is 76.9 Å². The number of nitrogens with zero attached hydrogens (tertiary/aromatic N) is 2. The van der Waals surface area contributed by atoms with Gasteiger partial charge in [-0.3, -0.25) is 4.79 Å². The lowest BCUT2D eigenvalue weighted by atomic mass is 9.88. The van der Waals surface area contributed by atoms with Crippen molar-refractivity contribution in [2.75, 3.05) is 5.32 Å². The highest BCUT2D eigenvalue weighted by molar-refractivity contribution is 5.90. The first-order valence-corrected chi connectivity index (χ1v) is 9.87. The number of pyridine rings is 1. The van der Waals surface area contributed by atoms with E-state index in [9.17, 15) is 27.2 Å². The Morgan fingerprint density at radius 2 is 2.03 bits per heavy atom. The third kappa shape index (κ3) is 4.90. The van der Waals surface area contributed by atoms with Crippen LogP contribution in [-0.4, -0.2) is 38.9 Å². The molecule has 2 atom stereocenters. The number of urea groups is 1. The monoisotopic (exact) mass is 475 g/mol. The molecule has 34 heavy (non-hydrogen) atoms. The lowest BCUT2D eigenvalue weighted by molar-refractivity contribution is -0.0893. The normalized spacial score (nSPS) is 20.0. The Balaban J connectivity index is 1.50. The molecule has 0 fully saturated rings. The number of anilines is 1. The van der Waals surface area contributed by atoms with E-state index in [-0.39, 0.29) is 28.4 Å². The fraction of sp³-hybridized carbons (Fsp3) is 0.182. The summed E-state index contributed by atoms with van der Waals surface area (Å²) in [5.41, 5.74) is -2.66. The SMILES string of the molecule is CC1(NC(=O)Nc2cccc(Oc3ccnc4ncc(=O)[nH]c34)c2)C=C(C(F)(F)F)C=CC1F. The highest BCUT2D eigenvalue weighted by atomic mass is 19.4. The number of hydrogen-bond acceptors (Lipinski definition) is 5. The van der Waals surface area contributed by atoms with E-state index in [2.05, 4.69) is 25.6 Å². The number of benzene rings is 1. The van der Waals surface area contributed by atoms with Crippen molar-refractivity contribution in [1.82, 2.24) is 20.3 Å². The van der Waals surface area contributed by atoms with E-state index in [0.717, 1.165) is 19.2 Å². The standard InChI is InChI=1S/C22H17F4N5O3/c1-21(10-12(22(24,25)26)5-6-16(21)23)31-20(33)29-13-3-2-4-14(9-13)34-15-7-8-27-19-18(15)30-17(32)11-28-19/h2-11,16H,1H3,(H,30,32)(H2,29,31,33). The Morgan fingerprint density at radius 3 is 2.79 bits per heavy atom. The molecule has 3 N–H and O–H groups in total. The summed E-state index contributed by atoms with van der Waals surface area (Å²) in [6.45, 7) is 1.15. The zero-order valence-corrected chi connectivity index (χ0v) is 17.5. The van der Waals surface area contributed by atoms with Gasteiger partial charge in [-0.15, -0.1) is 0 Å². The summed E-state index contributed by atoms with van der Waals surface area (Å²) < 4.78 is 59.2. The van der Waals surface area contributed by atoms with E-state index >= 15 is 0 Å². The van der Waals surface area contributed by atoms with Gasteiger partial charge >= 0.3 is 12.2 Å². The third-order valence-electron chi connectivity index (χ3n) is 4.95. The molecule has 3 aromatic rings. The molecule has 12 heteroatoms. The summed E-state index contributed by atoms with van der Waals surface area (Å²) in [6, 6.07) is 6.67. The first-order valence-electron chi connectivity index (χ1n) is 9.87. The molecule has 2 amide bonds. The van der Waals surface area contributed by atoms with Crippen LogP contribution < -0.4 is 20.9 Å². The van der Waals surface area contributed by atoms with Gasteiger partial charge in [-0.1, -0.05) is 12.1 Å². The van der Waals surface area contributed by atoms with Crippen LogP contribution in [-0.2, 0) is 0 Å². The number of alkyl halides is 4. The maximum atomic E-state index is 14.4. The number of carbonyl (C=O) groups excluding carboxylic acids is 1. The van der Waals surface area contributed by atoms with E-state index in [0.29, 0.717) is 12.2 Å². The van der Waals surface area contributed by atoms with Crippen molar-refractivity contribution in [3.8, 4) is 11.5 Å². The molecule has 0 bridgehead atoms. The second kappa shape index (κ2) is 8.61. The smallest absolute Gasteiger partial charge is 0.416 e. The van der Waals surface area contributed by atoms with Crippen LogP contribution in [0.3, 0.4) is 0 Å². The van der Waals surface area contributed by atoms with Crippen LogP contribution in [0.4, 0.5) is 28.0 Å². The van der Waals surface area contributed by atoms with Crippen LogP contribution in [0.2, 0.25) is 0 Å². The minimum absolute atomic E-state index is 0.227. The van der Waals surface area contributed by atoms with Gasteiger partial charge in [0.1, 0.15) is 17.4 Å². The summed E-state index contributed by atoms with van der Waals surface area (Å²) >= 11 is 0. The molecule has 1 aromatic carbocycles. The average Bonchev–Trinajstić information content (AvgIpc) is 2.75. The molecule has 0 saturated carbocycles. The molecule has 2 unspecified atom stereocenters. The van der Waals surface area contributed by atoms with Crippen molar-refractivity contribution in [1.29, 1.82) is 0 Å². The molecule has 2 aromatic heterocycles. The van der Waals surface area contributed by atoms with Crippen LogP contribution in [0.1, 0.15) is 6.92 Å². The Morgan fingerprint density at radius 1 is 1.24 bits per heavy atom. The number of fused-ring (bicyclic) bond motifs is 1. The van der Waals surface area contributed by atoms with Gasteiger partial charge in [0.05, 0.1) is 17.3 Å². The van der Waals surface area contributed by atoms with Crippen LogP contribution in [0.15, 0.2) is 71.3 Å². The number of amides is 2. The number of aromatic amines is 1. The maximum Gasteiger partial charge on any atom is 0.416 e. The Hall–Kier alpha value is -4.22. The summed E-state index contributed by atoms with van der Waals surface area (Å²) in [5, 5.41) is 4.69. The number of hydrogen-bond donors (Lipinski definition) is 3. The van der Waals surface area contributed by atoms with Crippen LogP contribution in [0.25, 0.3) is 11.2 Å².